The summed E-state index contributed by atoms with van der Waals surface area (Å²) in [6.07, 6.45) is 1.58. The minimum absolute atomic E-state index is 0.0677. The molecule has 2 heterocycles. The van der Waals surface area contributed by atoms with E-state index in [1.165, 1.54) is 11.8 Å². The van der Waals surface area contributed by atoms with Crippen LogP contribution >= 0.6 is 11.8 Å². The lowest BCUT2D eigenvalue weighted by molar-refractivity contribution is -0.124. The van der Waals surface area contributed by atoms with Crippen LogP contribution in [-0.2, 0) is 9.59 Å². The van der Waals surface area contributed by atoms with Crippen molar-refractivity contribution in [2.45, 2.75) is 32.7 Å². The molecular weight excluding hydrogens is 384 g/mol. The number of amidine groups is 2. The van der Waals surface area contributed by atoms with Crippen LogP contribution < -0.4 is 5.32 Å². The summed E-state index contributed by atoms with van der Waals surface area (Å²) in [5.41, 5.74) is 3.42. The van der Waals surface area contributed by atoms with Crippen LogP contribution in [0.5, 0.6) is 0 Å². The average molecular weight is 407 g/mol. The summed E-state index contributed by atoms with van der Waals surface area (Å²) in [6.45, 7) is 3.99. The predicted molar refractivity (Wildman–Crippen MR) is 118 cm³/mol. The van der Waals surface area contributed by atoms with E-state index >= 15 is 0 Å². The molecule has 4 rings (SSSR count). The Morgan fingerprint density at radius 2 is 1.93 bits per heavy atom. The SMILES string of the molecule is CCC[C@H]1N=C2c3ccccc3N=C(SCC(=O)Nc3ccccc3C)N2C1=O. The van der Waals surface area contributed by atoms with Crippen molar-refractivity contribution in [3.8, 4) is 0 Å². The average Bonchev–Trinajstić information content (AvgIpc) is 3.05. The van der Waals surface area contributed by atoms with Gasteiger partial charge in [0.25, 0.3) is 5.91 Å². The van der Waals surface area contributed by atoms with E-state index in [0.717, 1.165) is 28.9 Å². The number of aryl methyl sites for hydroxylation is 1. The first-order valence-electron chi connectivity index (χ1n) is 9.66. The van der Waals surface area contributed by atoms with E-state index in [1.54, 1.807) is 4.90 Å². The number of hydrogen-bond acceptors (Lipinski definition) is 5. The van der Waals surface area contributed by atoms with Crippen molar-refractivity contribution in [1.82, 2.24) is 4.90 Å². The van der Waals surface area contributed by atoms with Crippen LogP contribution in [0.2, 0.25) is 0 Å². The lowest BCUT2D eigenvalue weighted by Crippen LogP contribution is -2.41. The number of aliphatic imine (C=N–C) groups is 2. The van der Waals surface area contributed by atoms with Gasteiger partial charge in [-0.2, -0.15) is 0 Å². The number of fused-ring (bicyclic) bond motifs is 3. The van der Waals surface area contributed by atoms with E-state index in [0.29, 0.717) is 17.4 Å². The van der Waals surface area contributed by atoms with Gasteiger partial charge >= 0.3 is 0 Å². The van der Waals surface area contributed by atoms with Gasteiger partial charge in [0, 0.05) is 11.3 Å². The molecule has 1 N–H and O–H groups in total. The Balaban J connectivity index is 1.55. The highest BCUT2D eigenvalue weighted by Gasteiger charge is 2.40. The first kappa shape index (κ1) is 19.4. The Hall–Kier alpha value is -2.93. The second kappa shape index (κ2) is 8.21. The highest BCUT2D eigenvalue weighted by molar-refractivity contribution is 8.14. The smallest absolute Gasteiger partial charge is 0.259 e. The normalized spacial score (nSPS) is 17.4. The van der Waals surface area contributed by atoms with Crippen LogP contribution in [0.15, 0.2) is 58.5 Å². The van der Waals surface area contributed by atoms with E-state index in [4.69, 9.17) is 0 Å². The van der Waals surface area contributed by atoms with Gasteiger partial charge in [-0.1, -0.05) is 55.4 Å². The van der Waals surface area contributed by atoms with Crippen LogP contribution in [0.25, 0.3) is 0 Å². The summed E-state index contributed by atoms with van der Waals surface area (Å²) in [7, 11) is 0. The van der Waals surface area contributed by atoms with E-state index in [-0.39, 0.29) is 23.6 Å². The van der Waals surface area contributed by atoms with E-state index in [2.05, 4.69) is 15.3 Å². The number of hydrogen-bond donors (Lipinski definition) is 1. The van der Waals surface area contributed by atoms with Gasteiger partial charge in [-0.3, -0.25) is 14.6 Å². The molecule has 0 aromatic heterocycles. The molecule has 7 heteroatoms. The maximum absolute atomic E-state index is 12.9. The summed E-state index contributed by atoms with van der Waals surface area (Å²) in [4.78, 5) is 36.3. The number of nitrogens with zero attached hydrogens (tertiary/aromatic N) is 3. The molecule has 148 valence electrons. The fourth-order valence-electron chi connectivity index (χ4n) is 3.39. The monoisotopic (exact) mass is 406 g/mol. The van der Waals surface area contributed by atoms with Crippen LogP contribution in [0, 0.1) is 6.92 Å². The molecule has 0 radical (unpaired) electrons. The third kappa shape index (κ3) is 3.82. The zero-order valence-electron chi connectivity index (χ0n) is 16.4. The quantitative estimate of drug-likeness (QED) is 0.811. The number of thioether (sulfide) groups is 1. The van der Waals surface area contributed by atoms with Crippen molar-refractivity contribution in [2.24, 2.45) is 9.98 Å². The Bertz CT molecular complexity index is 1030. The molecule has 2 aromatic carbocycles. The van der Waals surface area contributed by atoms with Crippen molar-refractivity contribution in [3.05, 3.63) is 59.7 Å². The number of benzene rings is 2. The number of para-hydroxylation sites is 2. The van der Waals surface area contributed by atoms with Crippen LogP contribution in [0.4, 0.5) is 11.4 Å². The Morgan fingerprint density at radius 1 is 1.17 bits per heavy atom. The summed E-state index contributed by atoms with van der Waals surface area (Å²) in [5.74, 6) is 0.592. The van der Waals surface area contributed by atoms with Crippen molar-refractivity contribution in [1.29, 1.82) is 0 Å². The van der Waals surface area contributed by atoms with Crippen molar-refractivity contribution in [2.75, 3.05) is 11.1 Å². The van der Waals surface area contributed by atoms with E-state index in [1.807, 2.05) is 62.4 Å². The van der Waals surface area contributed by atoms with Gasteiger partial charge in [0.05, 0.1) is 11.4 Å². The number of carbonyl (C=O) groups excluding carboxylic acids is 2. The molecule has 0 saturated heterocycles. The molecular formula is C22H22N4O2S. The zero-order chi connectivity index (χ0) is 20.4. The molecule has 0 bridgehead atoms. The molecule has 0 saturated carbocycles. The first-order valence-corrected chi connectivity index (χ1v) is 10.6. The highest BCUT2D eigenvalue weighted by atomic mass is 32.2. The number of anilines is 1. The largest absolute Gasteiger partial charge is 0.325 e. The van der Waals surface area contributed by atoms with Crippen molar-refractivity contribution < 1.29 is 9.59 Å². The number of carbonyl (C=O) groups is 2. The molecule has 2 amide bonds. The standard InChI is InChI=1S/C22H22N4O2S/c1-3-8-18-21(28)26-20(24-18)15-10-5-7-12-17(15)25-22(26)29-13-19(27)23-16-11-6-4-9-14(16)2/h4-7,9-12,18H,3,8,13H2,1-2H3,(H,23,27)/t18-/m1/s1. The Kier molecular flexibility index (Phi) is 5.49. The zero-order valence-corrected chi connectivity index (χ0v) is 17.2. The third-order valence-corrected chi connectivity index (χ3v) is 5.80. The second-order valence-electron chi connectivity index (χ2n) is 6.99. The van der Waals surface area contributed by atoms with E-state index < -0.39 is 0 Å². The van der Waals surface area contributed by atoms with Gasteiger partial charge in [-0.25, -0.2) is 9.89 Å². The molecule has 0 unspecified atom stereocenters. The molecule has 1 atom stereocenters. The predicted octanol–water partition coefficient (Wildman–Crippen LogP) is 4.13. The van der Waals surface area contributed by atoms with Gasteiger partial charge in [-0.15, -0.1) is 0 Å². The van der Waals surface area contributed by atoms with Gasteiger partial charge in [-0.05, 0) is 37.1 Å². The molecule has 29 heavy (non-hydrogen) atoms. The summed E-state index contributed by atoms with van der Waals surface area (Å²) >= 11 is 1.26. The molecule has 2 aliphatic heterocycles. The fraction of sp³-hybridized carbons (Fsp3) is 0.273. The Labute approximate surface area is 174 Å². The maximum Gasteiger partial charge on any atom is 0.259 e. The summed E-state index contributed by atoms with van der Waals surface area (Å²) in [5, 5.41) is 3.43. The topological polar surface area (TPSA) is 74.1 Å². The summed E-state index contributed by atoms with van der Waals surface area (Å²) in [6, 6.07) is 14.9. The van der Waals surface area contributed by atoms with Crippen LogP contribution in [-0.4, -0.2) is 39.5 Å². The summed E-state index contributed by atoms with van der Waals surface area (Å²) < 4.78 is 0. The first-order chi connectivity index (χ1) is 14.1. The number of nitrogens with one attached hydrogen (secondary N) is 1. The molecule has 0 aliphatic carbocycles. The van der Waals surface area contributed by atoms with Gasteiger partial charge in [0.2, 0.25) is 5.91 Å². The van der Waals surface area contributed by atoms with Crippen molar-refractivity contribution in [3.63, 3.8) is 0 Å². The molecule has 6 nitrogen and oxygen atoms in total. The third-order valence-electron chi connectivity index (χ3n) is 4.86. The number of rotatable bonds is 5. The lowest BCUT2D eigenvalue weighted by Gasteiger charge is -2.25. The van der Waals surface area contributed by atoms with Gasteiger partial charge < -0.3 is 5.32 Å². The minimum Gasteiger partial charge on any atom is -0.325 e. The molecule has 0 spiro atoms. The van der Waals surface area contributed by atoms with Crippen LogP contribution in [0.1, 0.15) is 30.9 Å². The van der Waals surface area contributed by atoms with Crippen molar-refractivity contribution >= 4 is 46.0 Å². The fourth-order valence-corrected chi connectivity index (χ4v) is 4.19. The Morgan fingerprint density at radius 3 is 2.72 bits per heavy atom. The maximum atomic E-state index is 12.9. The second-order valence-corrected chi connectivity index (χ2v) is 7.94. The van der Waals surface area contributed by atoms with Crippen LogP contribution in [0.3, 0.4) is 0 Å². The molecule has 0 fully saturated rings. The molecule has 2 aromatic rings. The highest BCUT2D eigenvalue weighted by Crippen LogP contribution is 2.34. The number of amides is 2. The molecule has 2 aliphatic rings. The van der Waals surface area contributed by atoms with Gasteiger partial charge in [0.1, 0.15) is 11.9 Å². The lowest BCUT2D eigenvalue weighted by atomic mass is 10.1. The van der Waals surface area contributed by atoms with Gasteiger partial charge in [0.15, 0.2) is 5.17 Å². The van der Waals surface area contributed by atoms with E-state index in [9.17, 15) is 9.59 Å². The minimum atomic E-state index is -0.382.